The molecule has 0 aliphatic rings. The number of aryl methyl sites for hydroxylation is 1. The third-order valence-corrected chi connectivity index (χ3v) is 4.60. The first-order valence-corrected chi connectivity index (χ1v) is 8.65. The van der Waals surface area contributed by atoms with Gasteiger partial charge in [-0.3, -0.25) is 0 Å². The smallest absolute Gasteiger partial charge is 0.175 e. The van der Waals surface area contributed by atoms with Crippen molar-refractivity contribution in [2.75, 3.05) is 6.26 Å². The fourth-order valence-corrected chi connectivity index (χ4v) is 2.95. The highest BCUT2D eigenvalue weighted by molar-refractivity contribution is 7.90. The maximum Gasteiger partial charge on any atom is 0.175 e. The Morgan fingerprint density at radius 3 is 2.67 bits per heavy atom. The van der Waals surface area contributed by atoms with Gasteiger partial charge in [0.05, 0.1) is 15.9 Å². The Hall–Kier alpha value is -2.14. The molecule has 0 saturated heterocycles. The Balaban J connectivity index is 2.12. The van der Waals surface area contributed by atoms with Crippen LogP contribution in [0.25, 0.3) is 22.4 Å². The highest BCUT2D eigenvalue weighted by atomic mass is 32.2. The normalized spacial score (nSPS) is 11.9. The quantitative estimate of drug-likeness (QED) is 0.808. The number of sulfone groups is 1. The summed E-state index contributed by atoms with van der Waals surface area (Å²) in [6, 6.07) is 12.9. The Morgan fingerprint density at radius 2 is 1.95 bits per heavy atom. The third kappa shape index (κ3) is 2.69. The fraction of sp³-hybridized carbons (Fsp3) is 0.188. The van der Waals surface area contributed by atoms with Gasteiger partial charge in [-0.05, 0) is 36.2 Å². The van der Waals surface area contributed by atoms with Crippen molar-refractivity contribution in [1.82, 2.24) is 9.97 Å². The van der Waals surface area contributed by atoms with Crippen LogP contribution in [0.2, 0.25) is 0 Å². The number of imidazole rings is 1. The van der Waals surface area contributed by atoms with Crippen molar-refractivity contribution in [3.05, 3.63) is 48.0 Å². The minimum absolute atomic E-state index is 0.301. The molecule has 0 amide bonds. The van der Waals surface area contributed by atoms with Gasteiger partial charge in [-0.1, -0.05) is 25.1 Å². The van der Waals surface area contributed by atoms with Gasteiger partial charge in [0, 0.05) is 11.8 Å². The molecule has 0 aliphatic heterocycles. The Bertz CT molecular complexity index is 911. The van der Waals surface area contributed by atoms with Crippen molar-refractivity contribution in [1.29, 1.82) is 0 Å². The zero-order valence-electron chi connectivity index (χ0n) is 11.9. The van der Waals surface area contributed by atoms with E-state index in [1.54, 1.807) is 18.2 Å². The first kappa shape index (κ1) is 13.8. The summed E-state index contributed by atoms with van der Waals surface area (Å²) in [5.74, 6) is 0.684. The van der Waals surface area contributed by atoms with E-state index in [9.17, 15) is 8.42 Å². The first-order valence-electron chi connectivity index (χ1n) is 6.76. The number of hydrogen-bond acceptors (Lipinski definition) is 3. The number of nitrogens with zero attached hydrogens (tertiary/aromatic N) is 1. The van der Waals surface area contributed by atoms with E-state index >= 15 is 0 Å². The lowest BCUT2D eigenvalue weighted by molar-refractivity contribution is 0.602. The first-order chi connectivity index (χ1) is 9.97. The molecule has 108 valence electrons. The summed E-state index contributed by atoms with van der Waals surface area (Å²) >= 11 is 0. The van der Waals surface area contributed by atoms with Crippen molar-refractivity contribution in [2.24, 2.45) is 0 Å². The summed E-state index contributed by atoms with van der Waals surface area (Å²) in [6.45, 7) is 2.11. The lowest BCUT2D eigenvalue weighted by Crippen LogP contribution is -1.97. The topological polar surface area (TPSA) is 62.8 Å². The molecule has 21 heavy (non-hydrogen) atoms. The largest absolute Gasteiger partial charge is 0.338 e. The Kier molecular flexibility index (Phi) is 3.29. The van der Waals surface area contributed by atoms with Crippen LogP contribution in [0.5, 0.6) is 0 Å². The summed E-state index contributed by atoms with van der Waals surface area (Å²) in [7, 11) is -3.22. The molecule has 1 aromatic heterocycles. The van der Waals surface area contributed by atoms with E-state index in [1.165, 1.54) is 11.8 Å². The zero-order valence-corrected chi connectivity index (χ0v) is 12.7. The van der Waals surface area contributed by atoms with E-state index in [-0.39, 0.29) is 0 Å². The Labute approximate surface area is 123 Å². The maximum absolute atomic E-state index is 11.6. The van der Waals surface area contributed by atoms with Gasteiger partial charge in [0.1, 0.15) is 5.82 Å². The van der Waals surface area contributed by atoms with Crippen LogP contribution in [0.4, 0.5) is 0 Å². The van der Waals surface area contributed by atoms with E-state index in [4.69, 9.17) is 0 Å². The van der Waals surface area contributed by atoms with Crippen LogP contribution in [-0.2, 0) is 16.3 Å². The van der Waals surface area contributed by atoms with Gasteiger partial charge in [0.15, 0.2) is 9.84 Å². The average molecular weight is 300 g/mol. The number of aromatic nitrogens is 2. The van der Waals surface area contributed by atoms with Gasteiger partial charge in [0.25, 0.3) is 0 Å². The molecule has 4 nitrogen and oxygen atoms in total. The molecule has 0 bridgehead atoms. The van der Waals surface area contributed by atoms with Crippen LogP contribution in [0.15, 0.2) is 47.4 Å². The minimum atomic E-state index is -3.22. The van der Waals surface area contributed by atoms with Crippen LogP contribution < -0.4 is 0 Å². The molecule has 1 N–H and O–H groups in total. The van der Waals surface area contributed by atoms with Gasteiger partial charge >= 0.3 is 0 Å². The van der Waals surface area contributed by atoms with E-state index in [1.807, 2.05) is 12.1 Å². The van der Waals surface area contributed by atoms with E-state index in [2.05, 4.69) is 29.0 Å². The van der Waals surface area contributed by atoms with Crippen LogP contribution >= 0.6 is 0 Å². The molecule has 2 aromatic carbocycles. The molecule has 1 heterocycles. The number of rotatable bonds is 3. The second kappa shape index (κ2) is 5.00. The molecule has 0 saturated carbocycles. The number of hydrogen-bond donors (Lipinski definition) is 1. The van der Waals surface area contributed by atoms with Crippen LogP contribution in [-0.4, -0.2) is 24.6 Å². The van der Waals surface area contributed by atoms with Crippen molar-refractivity contribution in [3.8, 4) is 11.4 Å². The predicted octanol–water partition coefficient (Wildman–Crippen LogP) is 3.20. The second-order valence-corrected chi connectivity index (χ2v) is 7.11. The van der Waals surface area contributed by atoms with E-state index < -0.39 is 9.84 Å². The van der Waals surface area contributed by atoms with Crippen molar-refractivity contribution < 1.29 is 8.42 Å². The standard InChI is InChI=1S/C16H16N2O2S/c1-3-11-7-8-14-15(9-11)18-16(17-14)12-5-4-6-13(10-12)21(2,19)20/h4-10H,3H2,1-2H3,(H,17,18). The molecular formula is C16H16N2O2S. The molecule has 5 heteroatoms. The highest BCUT2D eigenvalue weighted by Crippen LogP contribution is 2.23. The number of benzene rings is 2. The fourth-order valence-electron chi connectivity index (χ4n) is 2.29. The average Bonchev–Trinajstić information content (AvgIpc) is 2.89. The number of aromatic amines is 1. The number of H-pyrrole nitrogens is 1. The second-order valence-electron chi connectivity index (χ2n) is 5.09. The van der Waals surface area contributed by atoms with Crippen LogP contribution in [0.1, 0.15) is 12.5 Å². The van der Waals surface area contributed by atoms with Crippen molar-refractivity contribution in [2.45, 2.75) is 18.2 Å². The summed E-state index contributed by atoms with van der Waals surface area (Å²) < 4.78 is 23.3. The molecule has 0 radical (unpaired) electrons. The third-order valence-electron chi connectivity index (χ3n) is 3.49. The molecule has 0 atom stereocenters. The van der Waals surface area contributed by atoms with Gasteiger partial charge in [-0.2, -0.15) is 0 Å². The van der Waals surface area contributed by atoms with Crippen LogP contribution in [0, 0.1) is 0 Å². The lowest BCUT2D eigenvalue weighted by atomic mass is 10.1. The molecule has 0 aliphatic carbocycles. The molecule has 0 fully saturated rings. The monoisotopic (exact) mass is 300 g/mol. The molecule has 3 rings (SSSR count). The molecular weight excluding hydrogens is 284 g/mol. The molecule has 0 unspecified atom stereocenters. The van der Waals surface area contributed by atoms with E-state index in [0.29, 0.717) is 10.7 Å². The molecule has 0 spiro atoms. The maximum atomic E-state index is 11.6. The lowest BCUT2D eigenvalue weighted by Gasteiger charge is -2.00. The summed E-state index contributed by atoms with van der Waals surface area (Å²) in [5.41, 5.74) is 3.86. The highest BCUT2D eigenvalue weighted by Gasteiger charge is 2.10. The van der Waals surface area contributed by atoms with Crippen LogP contribution in [0.3, 0.4) is 0 Å². The predicted molar refractivity (Wildman–Crippen MR) is 84.0 cm³/mol. The Morgan fingerprint density at radius 1 is 1.14 bits per heavy atom. The zero-order chi connectivity index (χ0) is 15.0. The summed E-state index contributed by atoms with van der Waals surface area (Å²) in [4.78, 5) is 8.09. The van der Waals surface area contributed by atoms with Gasteiger partial charge in [-0.15, -0.1) is 0 Å². The summed E-state index contributed by atoms with van der Waals surface area (Å²) in [6.07, 6.45) is 2.17. The summed E-state index contributed by atoms with van der Waals surface area (Å²) in [5, 5.41) is 0. The number of fused-ring (bicyclic) bond motifs is 1. The van der Waals surface area contributed by atoms with Crippen molar-refractivity contribution >= 4 is 20.9 Å². The van der Waals surface area contributed by atoms with E-state index in [0.717, 1.165) is 23.0 Å². The van der Waals surface area contributed by atoms with Crippen molar-refractivity contribution in [3.63, 3.8) is 0 Å². The van der Waals surface area contributed by atoms with Gasteiger partial charge in [0.2, 0.25) is 0 Å². The molecule has 3 aromatic rings. The van der Waals surface area contributed by atoms with Gasteiger partial charge < -0.3 is 4.98 Å². The number of nitrogens with one attached hydrogen (secondary N) is 1. The SMILES string of the molecule is CCc1ccc2nc(-c3cccc(S(C)(=O)=O)c3)[nH]c2c1. The minimum Gasteiger partial charge on any atom is -0.338 e. The van der Waals surface area contributed by atoms with Gasteiger partial charge in [-0.25, -0.2) is 13.4 Å².